The molecule has 7 nitrogen and oxygen atoms in total. The highest BCUT2D eigenvalue weighted by Gasteiger charge is 2.02. The number of hydrogen-bond donors (Lipinski definition) is 3. The van der Waals surface area contributed by atoms with Crippen molar-refractivity contribution in [3.05, 3.63) is 35.9 Å². The molecule has 3 N–H and O–H groups in total. The molecular formula is C18H30N4O3. The molecule has 1 aromatic carbocycles. The summed E-state index contributed by atoms with van der Waals surface area (Å²) in [7, 11) is 1.65. The maximum Gasteiger partial charge on any atom is 0.242 e. The van der Waals surface area contributed by atoms with E-state index in [1.165, 1.54) is 0 Å². The highest BCUT2D eigenvalue weighted by atomic mass is 16.5. The average Bonchev–Trinajstić information content (AvgIpc) is 2.64. The Morgan fingerprint density at radius 1 is 1.08 bits per heavy atom. The van der Waals surface area contributed by atoms with E-state index in [4.69, 9.17) is 9.47 Å². The van der Waals surface area contributed by atoms with Crippen LogP contribution in [0.25, 0.3) is 0 Å². The van der Waals surface area contributed by atoms with Gasteiger partial charge in [0, 0.05) is 33.4 Å². The third kappa shape index (κ3) is 11.1. The van der Waals surface area contributed by atoms with Crippen molar-refractivity contribution in [2.45, 2.75) is 19.9 Å². The summed E-state index contributed by atoms with van der Waals surface area (Å²) in [5, 5.41) is 9.17. The highest BCUT2D eigenvalue weighted by Crippen LogP contribution is 1.96. The van der Waals surface area contributed by atoms with Crippen molar-refractivity contribution >= 4 is 11.9 Å². The van der Waals surface area contributed by atoms with Crippen molar-refractivity contribution < 1.29 is 14.3 Å². The molecule has 0 saturated carbocycles. The molecule has 0 aromatic heterocycles. The minimum absolute atomic E-state index is 0.0898. The lowest BCUT2D eigenvalue weighted by Crippen LogP contribution is -2.39. The van der Waals surface area contributed by atoms with E-state index >= 15 is 0 Å². The van der Waals surface area contributed by atoms with Crippen LogP contribution in [0.4, 0.5) is 0 Å². The number of amides is 1. The number of ether oxygens (including phenoxy) is 2. The van der Waals surface area contributed by atoms with E-state index in [1.54, 1.807) is 7.11 Å². The van der Waals surface area contributed by atoms with E-state index in [0.29, 0.717) is 32.3 Å². The van der Waals surface area contributed by atoms with Gasteiger partial charge in [0.2, 0.25) is 5.91 Å². The largest absolute Gasteiger partial charge is 0.382 e. The number of rotatable bonds is 12. The third-order valence-corrected chi connectivity index (χ3v) is 3.25. The lowest BCUT2D eigenvalue weighted by atomic mass is 10.2. The first-order chi connectivity index (χ1) is 12.3. The number of carbonyl (C=O) groups is 1. The monoisotopic (exact) mass is 350 g/mol. The zero-order chi connectivity index (χ0) is 18.2. The molecule has 0 bridgehead atoms. The number of aliphatic imine (C=N–C) groups is 1. The lowest BCUT2D eigenvalue weighted by Gasteiger charge is -2.11. The summed E-state index contributed by atoms with van der Waals surface area (Å²) >= 11 is 0. The smallest absolute Gasteiger partial charge is 0.242 e. The Kier molecular flexibility index (Phi) is 11.9. The van der Waals surface area contributed by atoms with E-state index in [-0.39, 0.29) is 12.5 Å². The fraction of sp³-hybridized carbons (Fsp3) is 0.556. The number of carbonyl (C=O) groups excluding carboxylic acids is 1. The first kappa shape index (κ1) is 20.9. The van der Waals surface area contributed by atoms with Crippen molar-refractivity contribution in [3.8, 4) is 0 Å². The van der Waals surface area contributed by atoms with Crippen LogP contribution in [0, 0.1) is 0 Å². The lowest BCUT2D eigenvalue weighted by molar-refractivity contribution is -0.119. The summed E-state index contributed by atoms with van der Waals surface area (Å²) in [4.78, 5) is 16.2. The summed E-state index contributed by atoms with van der Waals surface area (Å²) in [6, 6.07) is 9.80. The van der Waals surface area contributed by atoms with Gasteiger partial charge in [-0.1, -0.05) is 30.3 Å². The standard InChI is InChI=1S/C18H30N4O3/c1-3-19-18(20-10-7-11-25-13-12-24-2)22-15-17(23)21-14-16-8-5-4-6-9-16/h4-6,8-9H,3,7,10-15H2,1-2H3,(H,21,23)(H2,19,20,22). The molecule has 0 radical (unpaired) electrons. The minimum atomic E-state index is -0.107. The van der Waals surface area contributed by atoms with Gasteiger partial charge in [0.05, 0.1) is 13.2 Å². The number of methoxy groups -OCH3 is 1. The molecule has 140 valence electrons. The number of hydrogen-bond acceptors (Lipinski definition) is 4. The van der Waals surface area contributed by atoms with Crippen molar-refractivity contribution in [1.82, 2.24) is 16.0 Å². The molecule has 0 aliphatic carbocycles. The van der Waals surface area contributed by atoms with E-state index in [0.717, 1.165) is 25.1 Å². The predicted octanol–water partition coefficient (Wildman–Crippen LogP) is 0.911. The van der Waals surface area contributed by atoms with Gasteiger partial charge in [-0.25, -0.2) is 4.99 Å². The molecule has 0 spiro atoms. The third-order valence-electron chi connectivity index (χ3n) is 3.25. The number of benzene rings is 1. The van der Waals surface area contributed by atoms with Gasteiger partial charge in [-0.2, -0.15) is 0 Å². The quantitative estimate of drug-likeness (QED) is 0.296. The van der Waals surface area contributed by atoms with Crippen LogP contribution in [-0.2, 0) is 20.8 Å². The molecule has 0 aliphatic rings. The second-order valence-corrected chi connectivity index (χ2v) is 5.34. The summed E-state index contributed by atoms with van der Waals surface area (Å²) in [5.41, 5.74) is 1.07. The maximum absolute atomic E-state index is 11.9. The van der Waals surface area contributed by atoms with Crippen LogP contribution in [0.3, 0.4) is 0 Å². The van der Waals surface area contributed by atoms with E-state index < -0.39 is 0 Å². The Bertz CT molecular complexity index is 494. The van der Waals surface area contributed by atoms with Crippen LogP contribution >= 0.6 is 0 Å². The van der Waals surface area contributed by atoms with E-state index in [9.17, 15) is 4.79 Å². The molecule has 1 rings (SSSR count). The minimum Gasteiger partial charge on any atom is -0.382 e. The second kappa shape index (κ2) is 14.2. The van der Waals surface area contributed by atoms with Crippen molar-refractivity contribution in [1.29, 1.82) is 0 Å². The average molecular weight is 350 g/mol. The summed E-state index contributed by atoms with van der Waals surface area (Å²) in [6.07, 6.45) is 0.855. The summed E-state index contributed by atoms with van der Waals surface area (Å²) in [6.45, 7) is 5.92. The van der Waals surface area contributed by atoms with Gasteiger partial charge in [-0.3, -0.25) is 4.79 Å². The van der Waals surface area contributed by atoms with Crippen LogP contribution in [0.2, 0.25) is 0 Å². The van der Waals surface area contributed by atoms with Crippen LogP contribution < -0.4 is 16.0 Å². The molecule has 7 heteroatoms. The van der Waals surface area contributed by atoms with Gasteiger partial charge in [0.15, 0.2) is 5.96 Å². The molecule has 0 saturated heterocycles. The Labute approximate surface area is 150 Å². The van der Waals surface area contributed by atoms with Gasteiger partial charge in [-0.05, 0) is 18.9 Å². The van der Waals surface area contributed by atoms with Crippen LogP contribution in [-0.4, -0.2) is 58.4 Å². The molecule has 0 fully saturated rings. The fourth-order valence-corrected chi connectivity index (χ4v) is 1.97. The Hall–Kier alpha value is -2.12. The van der Waals surface area contributed by atoms with Crippen molar-refractivity contribution in [2.75, 3.05) is 46.6 Å². The molecule has 25 heavy (non-hydrogen) atoms. The molecule has 0 atom stereocenters. The number of guanidine groups is 1. The van der Waals surface area contributed by atoms with E-state index in [2.05, 4.69) is 20.9 Å². The van der Waals surface area contributed by atoms with E-state index in [1.807, 2.05) is 37.3 Å². The summed E-state index contributed by atoms with van der Waals surface area (Å²) in [5.74, 6) is 0.526. The summed E-state index contributed by atoms with van der Waals surface area (Å²) < 4.78 is 10.3. The SMILES string of the molecule is CCNC(=NCC(=O)NCc1ccccc1)NCCCOCCOC. The van der Waals surface area contributed by atoms with Gasteiger partial charge in [-0.15, -0.1) is 0 Å². The number of nitrogens with zero attached hydrogens (tertiary/aromatic N) is 1. The van der Waals surface area contributed by atoms with Crippen molar-refractivity contribution in [3.63, 3.8) is 0 Å². The van der Waals surface area contributed by atoms with Gasteiger partial charge in [0.1, 0.15) is 6.54 Å². The molecule has 0 aliphatic heterocycles. The first-order valence-corrected chi connectivity index (χ1v) is 8.65. The zero-order valence-electron chi connectivity index (χ0n) is 15.2. The Morgan fingerprint density at radius 2 is 1.88 bits per heavy atom. The predicted molar refractivity (Wildman–Crippen MR) is 99.6 cm³/mol. The van der Waals surface area contributed by atoms with Crippen LogP contribution in [0.15, 0.2) is 35.3 Å². The Morgan fingerprint density at radius 3 is 2.60 bits per heavy atom. The van der Waals surface area contributed by atoms with Crippen LogP contribution in [0.5, 0.6) is 0 Å². The zero-order valence-corrected chi connectivity index (χ0v) is 15.2. The normalized spacial score (nSPS) is 11.2. The molecule has 0 heterocycles. The number of nitrogens with one attached hydrogen (secondary N) is 3. The van der Waals surface area contributed by atoms with Gasteiger partial charge in [0.25, 0.3) is 0 Å². The highest BCUT2D eigenvalue weighted by molar-refractivity contribution is 5.84. The molecule has 1 amide bonds. The van der Waals surface area contributed by atoms with Crippen molar-refractivity contribution in [2.24, 2.45) is 4.99 Å². The maximum atomic E-state index is 11.9. The Balaban J connectivity index is 2.23. The van der Waals surface area contributed by atoms with Crippen LogP contribution in [0.1, 0.15) is 18.9 Å². The molecule has 0 unspecified atom stereocenters. The fourth-order valence-electron chi connectivity index (χ4n) is 1.97. The first-order valence-electron chi connectivity index (χ1n) is 8.65. The molecular weight excluding hydrogens is 320 g/mol. The second-order valence-electron chi connectivity index (χ2n) is 5.34. The topological polar surface area (TPSA) is 84.0 Å². The molecule has 1 aromatic rings. The van der Waals surface area contributed by atoms with Gasteiger partial charge < -0.3 is 25.4 Å². The van der Waals surface area contributed by atoms with Gasteiger partial charge >= 0.3 is 0 Å².